The fraction of sp³-hybridized carbons (Fsp3) is 0.471. The zero-order valence-corrected chi connectivity index (χ0v) is 12.4. The molecule has 1 atom stereocenters. The van der Waals surface area contributed by atoms with Gasteiger partial charge in [-0.1, -0.05) is 31.5 Å². The Hall–Kier alpha value is -1.81. The third-order valence-electron chi connectivity index (χ3n) is 4.64. The number of rotatable bonds is 4. The summed E-state index contributed by atoms with van der Waals surface area (Å²) in [7, 11) is 0. The molecule has 0 radical (unpaired) electrons. The Labute approximate surface area is 124 Å². The maximum atomic E-state index is 11.2. The van der Waals surface area contributed by atoms with E-state index in [1.54, 1.807) is 6.20 Å². The highest BCUT2D eigenvalue weighted by Gasteiger charge is 2.22. The van der Waals surface area contributed by atoms with Crippen molar-refractivity contribution < 1.29 is 9.90 Å². The molecule has 2 N–H and O–H groups in total. The normalized spacial score (nSPS) is 20.0. The standard InChI is InChI=1S/C17H22N2O2/c1-2-19-9-4-3-7-13(19)10-12-6-5-8-14-15(17(20)21)11-18-16(12)14/h5-6,8,11,13,18H,2-4,7,9-10H2,1H3,(H,20,21). The van der Waals surface area contributed by atoms with Crippen LogP contribution in [0.5, 0.6) is 0 Å². The number of piperidine rings is 1. The van der Waals surface area contributed by atoms with Gasteiger partial charge in [0.15, 0.2) is 0 Å². The first-order valence-electron chi connectivity index (χ1n) is 7.77. The Morgan fingerprint density at radius 1 is 1.43 bits per heavy atom. The second-order valence-corrected chi connectivity index (χ2v) is 5.83. The molecule has 0 aliphatic carbocycles. The first kappa shape index (κ1) is 14.1. The average Bonchev–Trinajstić information content (AvgIpc) is 2.93. The van der Waals surface area contributed by atoms with Crippen molar-refractivity contribution in [2.45, 2.75) is 38.6 Å². The Bertz CT molecular complexity index is 647. The maximum absolute atomic E-state index is 11.2. The van der Waals surface area contributed by atoms with Crippen molar-refractivity contribution in [2.24, 2.45) is 0 Å². The molecule has 1 saturated heterocycles. The van der Waals surface area contributed by atoms with Crippen LogP contribution < -0.4 is 0 Å². The summed E-state index contributed by atoms with van der Waals surface area (Å²) in [5.41, 5.74) is 2.57. The molecule has 2 aromatic rings. The molecule has 21 heavy (non-hydrogen) atoms. The van der Waals surface area contributed by atoms with Gasteiger partial charge >= 0.3 is 5.97 Å². The van der Waals surface area contributed by atoms with E-state index < -0.39 is 5.97 Å². The van der Waals surface area contributed by atoms with Gasteiger partial charge in [0.25, 0.3) is 0 Å². The molecule has 1 aliphatic heterocycles. The van der Waals surface area contributed by atoms with Crippen molar-refractivity contribution in [3.05, 3.63) is 35.5 Å². The topological polar surface area (TPSA) is 56.3 Å². The van der Waals surface area contributed by atoms with Gasteiger partial charge in [0.2, 0.25) is 0 Å². The van der Waals surface area contributed by atoms with Crippen LogP contribution in [0.3, 0.4) is 0 Å². The van der Waals surface area contributed by atoms with Crippen LogP contribution in [0.2, 0.25) is 0 Å². The van der Waals surface area contributed by atoms with Crippen molar-refractivity contribution in [1.29, 1.82) is 0 Å². The Morgan fingerprint density at radius 3 is 3.05 bits per heavy atom. The summed E-state index contributed by atoms with van der Waals surface area (Å²) in [5, 5.41) is 10.1. The number of carboxylic acids is 1. The van der Waals surface area contributed by atoms with Gasteiger partial charge in [-0.2, -0.15) is 0 Å². The number of aromatic amines is 1. The number of carboxylic acid groups (broad SMARTS) is 1. The number of carbonyl (C=O) groups is 1. The lowest BCUT2D eigenvalue weighted by Crippen LogP contribution is -2.40. The summed E-state index contributed by atoms with van der Waals surface area (Å²) in [6.45, 7) is 4.49. The number of benzene rings is 1. The Morgan fingerprint density at radius 2 is 2.29 bits per heavy atom. The second kappa shape index (κ2) is 5.90. The van der Waals surface area contributed by atoms with Gasteiger partial charge in [-0.15, -0.1) is 0 Å². The van der Waals surface area contributed by atoms with E-state index in [-0.39, 0.29) is 0 Å². The number of likely N-dealkylation sites (N-methyl/N-ethyl adjacent to an activating group) is 1. The lowest BCUT2D eigenvalue weighted by molar-refractivity contribution is 0.0699. The van der Waals surface area contributed by atoms with Crippen LogP contribution in [0.15, 0.2) is 24.4 Å². The molecule has 1 aliphatic rings. The highest BCUT2D eigenvalue weighted by Crippen LogP contribution is 2.26. The SMILES string of the molecule is CCN1CCCCC1Cc1cccc2c(C(=O)O)c[nH]c12. The fourth-order valence-corrected chi connectivity index (χ4v) is 3.53. The van der Waals surface area contributed by atoms with E-state index in [4.69, 9.17) is 0 Å². The minimum Gasteiger partial charge on any atom is -0.478 e. The van der Waals surface area contributed by atoms with Crippen LogP contribution in [0.25, 0.3) is 10.9 Å². The maximum Gasteiger partial charge on any atom is 0.337 e. The molecule has 1 unspecified atom stereocenters. The molecule has 0 amide bonds. The highest BCUT2D eigenvalue weighted by molar-refractivity contribution is 6.03. The predicted octanol–water partition coefficient (Wildman–Crippen LogP) is 3.28. The van der Waals surface area contributed by atoms with Crippen molar-refractivity contribution in [1.82, 2.24) is 9.88 Å². The number of hydrogen-bond acceptors (Lipinski definition) is 2. The number of nitrogens with one attached hydrogen (secondary N) is 1. The van der Waals surface area contributed by atoms with Crippen molar-refractivity contribution >= 4 is 16.9 Å². The van der Waals surface area contributed by atoms with Crippen LogP contribution in [0, 0.1) is 0 Å². The van der Waals surface area contributed by atoms with E-state index >= 15 is 0 Å². The van der Waals surface area contributed by atoms with Crippen molar-refractivity contribution in [3.8, 4) is 0 Å². The van der Waals surface area contributed by atoms with Crippen LogP contribution in [0.4, 0.5) is 0 Å². The molecule has 1 fully saturated rings. The van der Waals surface area contributed by atoms with E-state index in [2.05, 4.69) is 22.9 Å². The second-order valence-electron chi connectivity index (χ2n) is 5.83. The van der Waals surface area contributed by atoms with E-state index in [0.717, 1.165) is 23.9 Å². The Balaban J connectivity index is 1.92. The molecular formula is C17H22N2O2. The van der Waals surface area contributed by atoms with Gasteiger partial charge in [0, 0.05) is 23.1 Å². The van der Waals surface area contributed by atoms with E-state index in [0.29, 0.717) is 11.6 Å². The molecular weight excluding hydrogens is 264 g/mol. The third kappa shape index (κ3) is 2.68. The average molecular weight is 286 g/mol. The van der Waals surface area contributed by atoms with Gasteiger partial charge in [0.1, 0.15) is 0 Å². The van der Waals surface area contributed by atoms with Gasteiger partial charge in [0.05, 0.1) is 5.56 Å². The lowest BCUT2D eigenvalue weighted by Gasteiger charge is -2.35. The van der Waals surface area contributed by atoms with Crippen LogP contribution in [-0.2, 0) is 6.42 Å². The molecule has 3 rings (SSSR count). The number of likely N-dealkylation sites (tertiary alicyclic amines) is 1. The minimum absolute atomic E-state index is 0.364. The minimum atomic E-state index is -0.869. The molecule has 0 spiro atoms. The van der Waals surface area contributed by atoms with Crippen LogP contribution in [0.1, 0.15) is 42.1 Å². The smallest absolute Gasteiger partial charge is 0.337 e. The van der Waals surface area contributed by atoms with Crippen LogP contribution in [-0.4, -0.2) is 40.1 Å². The molecule has 2 heterocycles. The lowest BCUT2D eigenvalue weighted by atomic mass is 9.94. The van der Waals surface area contributed by atoms with Crippen molar-refractivity contribution in [3.63, 3.8) is 0 Å². The molecule has 1 aromatic carbocycles. The zero-order valence-electron chi connectivity index (χ0n) is 12.4. The monoisotopic (exact) mass is 286 g/mol. The number of para-hydroxylation sites is 1. The first-order valence-corrected chi connectivity index (χ1v) is 7.77. The third-order valence-corrected chi connectivity index (χ3v) is 4.64. The van der Waals surface area contributed by atoms with Gasteiger partial charge in [-0.05, 0) is 37.9 Å². The summed E-state index contributed by atoms with van der Waals surface area (Å²) >= 11 is 0. The molecule has 1 aromatic heterocycles. The molecule has 0 saturated carbocycles. The van der Waals surface area contributed by atoms with E-state index in [9.17, 15) is 9.90 Å². The van der Waals surface area contributed by atoms with E-state index in [1.165, 1.54) is 31.4 Å². The number of fused-ring (bicyclic) bond motifs is 1. The first-order chi connectivity index (χ1) is 10.2. The largest absolute Gasteiger partial charge is 0.478 e. The van der Waals surface area contributed by atoms with Gasteiger partial charge < -0.3 is 15.0 Å². The number of hydrogen-bond donors (Lipinski definition) is 2. The molecule has 112 valence electrons. The quantitative estimate of drug-likeness (QED) is 0.907. The fourth-order valence-electron chi connectivity index (χ4n) is 3.53. The highest BCUT2D eigenvalue weighted by atomic mass is 16.4. The summed E-state index contributed by atoms with van der Waals surface area (Å²) in [4.78, 5) is 17.0. The number of aromatic carboxylic acids is 1. The van der Waals surface area contributed by atoms with Gasteiger partial charge in [-0.3, -0.25) is 0 Å². The Kier molecular flexibility index (Phi) is 3.97. The number of aromatic nitrogens is 1. The summed E-state index contributed by atoms with van der Waals surface area (Å²) in [5.74, 6) is -0.869. The molecule has 4 heteroatoms. The van der Waals surface area contributed by atoms with Gasteiger partial charge in [-0.25, -0.2) is 4.79 Å². The predicted molar refractivity (Wildman–Crippen MR) is 83.8 cm³/mol. The van der Waals surface area contributed by atoms with E-state index in [1.807, 2.05) is 12.1 Å². The molecule has 4 nitrogen and oxygen atoms in total. The summed E-state index contributed by atoms with van der Waals surface area (Å²) < 4.78 is 0. The van der Waals surface area contributed by atoms with Crippen molar-refractivity contribution in [2.75, 3.05) is 13.1 Å². The molecule has 0 bridgehead atoms. The van der Waals surface area contributed by atoms with Crippen LogP contribution >= 0.6 is 0 Å². The number of H-pyrrole nitrogens is 1. The number of nitrogens with zero attached hydrogens (tertiary/aromatic N) is 1. The summed E-state index contributed by atoms with van der Waals surface area (Å²) in [6, 6.07) is 6.55. The summed E-state index contributed by atoms with van der Waals surface area (Å²) in [6.07, 6.45) is 6.42. The zero-order chi connectivity index (χ0) is 14.8.